The van der Waals surface area contributed by atoms with Gasteiger partial charge in [-0.25, -0.2) is 0 Å². The first-order chi connectivity index (χ1) is 8.22. The first kappa shape index (κ1) is 12.7. The average molecular weight is 253 g/mol. The molecule has 0 bridgehead atoms. The van der Waals surface area contributed by atoms with Crippen molar-refractivity contribution in [3.63, 3.8) is 0 Å². The minimum atomic E-state index is 0.115. The molecule has 94 valence electrons. The lowest BCUT2D eigenvalue weighted by Crippen LogP contribution is -2.31. The summed E-state index contributed by atoms with van der Waals surface area (Å²) in [4.78, 5) is 2.43. The highest BCUT2D eigenvalue weighted by atomic mass is 35.5. The number of hydrogen-bond donors (Lipinski definition) is 1. The fourth-order valence-corrected chi connectivity index (χ4v) is 2.63. The van der Waals surface area contributed by atoms with Crippen molar-refractivity contribution in [2.45, 2.75) is 38.6 Å². The lowest BCUT2D eigenvalue weighted by Gasteiger charge is -2.32. The van der Waals surface area contributed by atoms with Crippen molar-refractivity contribution in [1.82, 2.24) is 0 Å². The first-order valence-electron chi connectivity index (χ1n) is 6.52. The van der Waals surface area contributed by atoms with E-state index in [9.17, 15) is 0 Å². The van der Waals surface area contributed by atoms with Crippen LogP contribution in [0.2, 0.25) is 5.02 Å². The van der Waals surface area contributed by atoms with E-state index in [1.807, 2.05) is 6.07 Å². The van der Waals surface area contributed by atoms with Gasteiger partial charge in [-0.05, 0) is 43.4 Å². The highest BCUT2D eigenvalue weighted by molar-refractivity contribution is 6.30. The van der Waals surface area contributed by atoms with Crippen molar-refractivity contribution in [3.05, 3.63) is 28.8 Å². The van der Waals surface area contributed by atoms with Gasteiger partial charge in [0.1, 0.15) is 0 Å². The van der Waals surface area contributed by atoms with Crippen LogP contribution in [0.15, 0.2) is 18.2 Å². The van der Waals surface area contributed by atoms with Gasteiger partial charge in [-0.3, -0.25) is 0 Å². The maximum absolute atomic E-state index is 6.18. The number of piperidine rings is 1. The Labute approximate surface area is 109 Å². The molecule has 0 aromatic heterocycles. The third kappa shape index (κ3) is 2.93. The van der Waals surface area contributed by atoms with Gasteiger partial charge in [-0.1, -0.05) is 24.6 Å². The number of halogens is 1. The van der Waals surface area contributed by atoms with E-state index in [-0.39, 0.29) is 6.04 Å². The van der Waals surface area contributed by atoms with Crippen molar-refractivity contribution in [3.8, 4) is 0 Å². The quantitative estimate of drug-likeness (QED) is 0.888. The van der Waals surface area contributed by atoms with Gasteiger partial charge in [0.05, 0.1) is 0 Å². The van der Waals surface area contributed by atoms with E-state index in [0.29, 0.717) is 0 Å². The van der Waals surface area contributed by atoms with Crippen molar-refractivity contribution in [2.75, 3.05) is 18.0 Å². The fourth-order valence-electron chi connectivity index (χ4n) is 2.46. The minimum absolute atomic E-state index is 0.115. The van der Waals surface area contributed by atoms with E-state index in [0.717, 1.165) is 24.5 Å². The predicted octanol–water partition coefficient (Wildman–Crippen LogP) is 3.74. The third-order valence-corrected chi connectivity index (χ3v) is 3.76. The molecule has 1 atom stereocenters. The van der Waals surface area contributed by atoms with E-state index in [4.69, 9.17) is 17.3 Å². The van der Waals surface area contributed by atoms with Crippen molar-refractivity contribution < 1.29 is 0 Å². The summed E-state index contributed by atoms with van der Waals surface area (Å²) in [7, 11) is 0. The molecular weight excluding hydrogens is 232 g/mol. The molecule has 0 radical (unpaired) electrons. The van der Waals surface area contributed by atoms with Gasteiger partial charge in [0, 0.05) is 29.8 Å². The van der Waals surface area contributed by atoms with Gasteiger partial charge >= 0.3 is 0 Å². The Morgan fingerprint density at radius 3 is 2.65 bits per heavy atom. The van der Waals surface area contributed by atoms with E-state index < -0.39 is 0 Å². The monoisotopic (exact) mass is 252 g/mol. The van der Waals surface area contributed by atoms with Crippen LogP contribution in [0.4, 0.5) is 5.69 Å². The van der Waals surface area contributed by atoms with Gasteiger partial charge in [0.2, 0.25) is 0 Å². The van der Waals surface area contributed by atoms with Gasteiger partial charge in [-0.2, -0.15) is 0 Å². The summed E-state index contributed by atoms with van der Waals surface area (Å²) in [5, 5.41) is 0.803. The Bertz CT molecular complexity index is 372. The lowest BCUT2D eigenvalue weighted by molar-refractivity contribution is 0.572. The molecule has 1 aromatic carbocycles. The van der Waals surface area contributed by atoms with Crippen molar-refractivity contribution in [2.24, 2.45) is 5.73 Å². The van der Waals surface area contributed by atoms with Crippen LogP contribution in [0, 0.1) is 0 Å². The molecule has 2 rings (SSSR count). The second-order valence-electron chi connectivity index (χ2n) is 4.77. The van der Waals surface area contributed by atoms with Crippen molar-refractivity contribution in [1.29, 1.82) is 0 Å². The second-order valence-corrected chi connectivity index (χ2v) is 5.20. The van der Waals surface area contributed by atoms with Crippen LogP contribution in [0.1, 0.15) is 44.2 Å². The van der Waals surface area contributed by atoms with Gasteiger partial charge in [0.25, 0.3) is 0 Å². The maximum atomic E-state index is 6.18. The summed E-state index contributed by atoms with van der Waals surface area (Å²) in [5.41, 5.74) is 8.66. The highest BCUT2D eigenvalue weighted by Crippen LogP contribution is 2.31. The molecule has 1 fully saturated rings. The van der Waals surface area contributed by atoms with Crippen LogP contribution in [-0.4, -0.2) is 13.1 Å². The highest BCUT2D eigenvalue weighted by Gasteiger charge is 2.17. The molecule has 0 amide bonds. The zero-order chi connectivity index (χ0) is 12.3. The fraction of sp³-hybridized carbons (Fsp3) is 0.571. The summed E-state index contributed by atoms with van der Waals surface area (Å²) in [6.45, 7) is 4.38. The number of nitrogens with two attached hydrogens (primary N) is 1. The van der Waals surface area contributed by atoms with E-state index in [2.05, 4.69) is 24.0 Å². The Kier molecular flexibility index (Phi) is 4.30. The topological polar surface area (TPSA) is 29.3 Å². The van der Waals surface area contributed by atoms with E-state index in [1.54, 1.807) is 0 Å². The Hall–Kier alpha value is -0.730. The van der Waals surface area contributed by atoms with Crippen LogP contribution in [0.5, 0.6) is 0 Å². The van der Waals surface area contributed by atoms with Gasteiger partial charge in [-0.15, -0.1) is 0 Å². The second kappa shape index (κ2) is 5.74. The van der Waals surface area contributed by atoms with Crippen LogP contribution < -0.4 is 10.6 Å². The minimum Gasteiger partial charge on any atom is -0.371 e. The molecule has 2 N–H and O–H groups in total. The molecule has 1 aliphatic heterocycles. The first-order valence-corrected chi connectivity index (χ1v) is 6.90. The average Bonchev–Trinajstić information content (AvgIpc) is 2.39. The molecule has 1 unspecified atom stereocenters. The molecule has 2 nitrogen and oxygen atoms in total. The normalized spacial score (nSPS) is 18.2. The summed E-state index contributed by atoms with van der Waals surface area (Å²) < 4.78 is 0. The largest absolute Gasteiger partial charge is 0.371 e. The molecular formula is C14H21ClN2. The summed E-state index contributed by atoms with van der Waals surface area (Å²) >= 11 is 6.12. The van der Waals surface area contributed by atoms with Crippen LogP contribution in [0.25, 0.3) is 0 Å². The number of nitrogens with zero attached hydrogens (tertiary/aromatic N) is 1. The number of benzene rings is 1. The molecule has 0 spiro atoms. The maximum Gasteiger partial charge on any atom is 0.0429 e. The molecule has 3 heteroatoms. The SMILES string of the molecule is CCC(N)c1ccc(Cl)cc1N1CCCCC1. The predicted molar refractivity (Wildman–Crippen MR) is 74.7 cm³/mol. The van der Waals surface area contributed by atoms with Crippen molar-refractivity contribution >= 4 is 17.3 Å². The summed E-state index contributed by atoms with van der Waals surface area (Å²) in [5.74, 6) is 0. The molecule has 1 saturated heterocycles. The molecule has 1 heterocycles. The Morgan fingerprint density at radius 2 is 2.00 bits per heavy atom. The molecule has 0 aliphatic carbocycles. The van der Waals surface area contributed by atoms with Crippen LogP contribution >= 0.6 is 11.6 Å². The lowest BCUT2D eigenvalue weighted by atomic mass is 10.0. The number of anilines is 1. The molecule has 1 aliphatic rings. The number of hydrogen-bond acceptors (Lipinski definition) is 2. The summed E-state index contributed by atoms with van der Waals surface area (Å²) in [6.07, 6.45) is 4.84. The van der Waals surface area contributed by atoms with Crippen LogP contribution in [-0.2, 0) is 0 Å². The molecule has 1 aromatic rings. The van der Waals surface area contributed by atoms with Gasteiger partial charge in [0.15, 0.2) is 0 Å². The van der Waals surface area contributed by atoms with Gasteiger partial charge < -0.3 is 10.6 Å². The third-order valence-electron chi connectivity index (χ3n) is 3.53. The Balaban J connectivity index is 2.31. The zero-order valence-corrected chi connectivity index (χ0v) is 11.2. The summed E-state index contributed by atoms with van der Waals surface area (Å²) in [6, 6.07) is 6.21. The van der Waals surface area contributed by atoms with Crippen LogP contribution in [0.3, 0.4) is 0 Å². The van der Waals surface area contributed by atoms with E-state index >= 15 is 0 Å². The van der Waals surface area contributed by atoms with E-state index in [1.165, 1.54) is 30.5 Å². The zero-order valence-electron chi connectivity index (χ0n) is 10.5. The standard InChI is InChI=1S/C14H21ClN2/c1-2-13(16)12-7-6-11(15)10-14(12)17-8-4-3-5-9-17/h6-7,10,13H,2-5,8-9,16H2,1H3. The molecule has 17 heavy (non-hydrogen) atoms. The number of rotatable bonds is 3. The molecule has 0 saturated carbocycles. The smallest absolute Gasteiger partial charge is 0.0429 e. The Morgan fingerprint density at radius 1 is 1.29 bits per heavy atom.